The number of benzene rings is 3. The molecule has 7 heteroatoms. The highest BCUT2D eigenvalue weighted by atomic mass is 16.5. The summed E-state index contributed by atoms with van der Waals surface area (Å²) in [5.74, 6) is 2.77. The average molecular weight is 500 g/mol. The first kappa shape index (κ1) is 25.8. The molecular weight excluding hydrogens is 466 g/mol. The second-order valence-corrected chi connectivity index (χ2v) is 8.71. The lowest BCUT2D eigenvalue weighted by atomic mass is 10.1. The van der Waals surface area contributed by atoms with E-state index in [1.165, 1.54) is 0 Å². The molecule has 1 unspecified atom stereocenters. The number of amides is 1. The molecule has 0 spiro atoms. The van der Waals surface area contributed by atoms with Crippen molar-refractivity contribution in [3.05, 3.63) is 96.3 Å². The predicted molar refractivity (Wildman–Crippen MR) is 146 cm³/mol. The maximum atomic E-state index is 12.9. The highest BCUT2D eigenvalue weighted by Gasteiger charge is 2.19. The Morgan fingerprint density at radius 3 is 2.57 bits per heavy atom. The molecule has 1 atom stereocenters. The van der Waals surface area contributed by atoms with Crippen LogP contribution in [0.25, 0.3) is 11.0 Å². The smallest absolute Gasteiger partial charge is 0.251 e. The van der Waals surface area contributed by atoms with Gasteiger partial charge in [0.2, 0.25) is 0 Å². The van der Waals surface area contributed by atoms with Crippen molar-refractivity contribution in [2.24, 2.45) is 0 Å². The summed E-state index contributed by atoms with van der Waals surface area (Å²) >= 11 is 0. The molecule has 0 radical (unpaired) electrons. The van der Waals surface area contributed by atoms with Gasteiger partial charge in [-0.1, -0.05) is 24.3 Å². The molecule has 0 saturated heterocycles. The second-order valence-electron chi connectivity index (χ2n) is 8.71. The number of fused-ring (bicyclic) bond motifs is 1. The summed E-state index contributed by atoms with van der Waals surface area (Å²) in [6.07, 6.45) is 3.40. The first-order valence-corrected chi connectivity index (χ1v) is 12.3. The van der Waals surface area contributed by atoms with E-state index >= 15 is 0 Å². The summed E-state index contributed by atoms with van der Waals surface area (Å²) in [5, 5.41) is 3.08. The van der Waals surface area contributed by atoms with E-state index in [9.17, 15) is 4.79 Å². The molecule has 1 N–H and O–H groups in total. The zero-order valence-corrected chi connectivity index (χ0v) is 21.6. The van der Waals surface area contributed by atoms with E-state index < -0.39 is 0 Å². The second kappa shape index (κ2) is 12.1. The zero-order valence-electron chi connectivity index (χ0n) is 21.6. The number of carbonyl (C=O) groups excluding carboxylic acids is 1. The van der Waals surface area contributed by atoms with Gasteiger partial charge in [-0.15, -0.1) is 6.58 Å². The molecule has 0 aliphatic carbocycles. The van der Waals surface area contributed by atoms with Gasteiger partial charge in [-0.3, -0.25) is 4.79 Å². The van der Waals surface area contributed by atoms with Crippen molar-refractivity contribution in [1.29, 1.82) is 0 Å². The predicted octanol–water partition coefficient (Wildman–Crippen LogP) is 5.74. The molecule has 0 bridgehead atoms. The number of ether oxygens (including phenoxy) is 3. The molecule has 4 aromatic rings. The molecule has 4 rings (SSSR count). The molecule has 3 aromatic carbocycles. The van der Waals surface area contributed by atoms with Crippen LogP contribution >= 0.6 is 0 Å². The number of methoxy groups -OCH3 is 2. The largest absolute Gasteiger partial charge is 0.497 e. The summed E-state index contributed by atoms with van der Waals surface area (Å²) < 4.78 is 18.9. The van der Waals surface area contributed by atoms with Gasteiger partial charge in [0, 0.05) is 12.1 Å². The molecule has 1 heterocycles. The summed E-state index contributed by atoms with van der Waals surface area (Å²) in [4.78, 5) is 17.7. The number of imidazole rings is 1. The Labute approximate surface area is 217 Å². The van der Waals surface area contributed by atoms with Crippen molar-refractivity contribution in [1.82, 2.24) is 14.9 Å². The van der Waals surface area contributed by atoms with Crippen molar-refractivity contribution in [2.75, 3.05) is 20.8 Å². The number of carbonyl (C=O) groups is 1. The summed E-state index contributed by atoms with van der Waals surface area (Å²) in [6.45, 7) is 6.94. The van der Waals surface area contributed by atoms with Crippen LogP contribution in [0.3, 0.4) is 0 Å². The molecule has 37 heavy (non-hydrogen) atoms. The Hall–Kier alpha value is -4.26. The number of rotatable bonds is 12. The zero-order chi connectivity index (χ0) is 26.2. The highest BCUT2D eigenvalue weighted by Crippen LogP contribution is 2.29. The highest BCUT2D eigenvalue weighted by molar-refractivity contribution is 5.94. The van der Waals surface area contributed by atoms with Crippen LogP contribution < -0.4 is 19.5 Å². The third-order valence-electron chi connectivity index (χ3n) is 6.16. The van der Waals surface area contributed by atoms with Gasteiger partial charge < -0.3 is 24.1 Å². The lowest BCUT2D eigenvalue weighted by Crippen LogP contribution is -2.28. The number of aryl methyl sites for hydroxylation is 1. The first-order valence-electron chi connectivity index (χ1n) is 12.3. The minimum Gasteiger partial charge on any atom is -0.497 e. The molecule has 1 amide bonds. The maximum Gasteiger partial charge on any atom is 0.251 e. The van der Waals surface area contributed by atoms with Crippen LogP contribution in [0.15, 0.2) is 79.4 Å². The van der Waals surface area contributed by atoms with Crippen LogP contribution in [0, 0.1) is 0 Å². The van der Waals surface area contributed by atoms with Gasteiger partial charge in [0.15, 0.2) is 11.5 Å². The fourth-order valence-electron chi connectivity index (χ4n) is 4.28. The van der Waals surface area contributed by atoms with Gasteiger partial charge in [-0.25, -0.2) is 4.98 Å². The fourth-order valence-corrected chi connectivity index (χ4v) is 4.28. The lowest BCUT2D eigenvalue weighted by Gasteiger charge is -2.17. The minimum atomic E-state index is -0.291. The van der Waals surface area contributed by atoms with E-state index in [4.69, 9.17) is 19.2 Å². The van der Waals surface area contributed by atoms with Crippen molar-refractivity contribution in [3.8, 4) is 17.2 Å². The standard InChI is InChI=1S/C30H33N3O4/c1-5-9-22-12-17-27(28(20-22)36-4)37-19-8-18-33-26-11-7-6-10-25(26)32-29(33)21(2)31-30(34)23-13-15-24(35-3)16-14-23/h5-7,10-17,20-21H,1,8-9,18-19H2,2-4H3,(H,31,34). The van der Waals surface area contributed by atoms with E-state index in [-0.39, 0.29) is 11.9 Å². The van der Waals surface area contributed by atoms with Crippen LogP contribution in [0.1, 0.15) is 41.1 Å². The van der Waals surface area contributed by atoms with Crippen LogP contribution in [-0.2, 0) is 13.0 Å². The number of allylic oxidation sites excluding steroid dienone is 1. The summed E-state index contributed by atoms with van der Waals surface area (Å²) in [5.41, 5.74) is 3.61. The van der Waals surface area contributed by atoms with Crippen molar-refractivity contribution < 1.29 is 19.0 Å². The van der Waals surface area contributed by atoms with Gasteiger partial charge in [0.05, 0.1) is 37.9 Å². The average Bonchev–Trinajstić information content (AvgIpc) is 3.30. The van der Waals surface area contributed by atoms with E-state index in [2.05, 4.69) is 16.5 Å². The molecule has 0 aliphatic heterocycles. The summed E-state index contributed by atoms with van der Waals surface area (Å²) in [7, 11) is 3.24. The molecule has 0 aliphatic rings. The molecule has 0 saturated carbocycles. The number of hydrogen-bond donors (Lipinski definition) is 1. The van der Waals surface area contributed by atoms with Crippen LogP contribution in [0.2, 0.25) is 0 Å². The Balaban J connectivity index is 1.45. The number of para-hydroxylation sites is 2. The Morgan fingerprint density at radius 1 is 1.05 bits per heavy atom. The normalized spacial score (nSPS) is 11.6. The topological polar surface area (TPSA) is 74.6 Å². The van der Waals surface area contributed by atoms with Gasteiger partial charge in [0.1, 0.15) is 11.6 Å². The van der Waals surface area contributed by atoms with Gasteiger partial charge in [-0.2, -0.15) is 0 Å². The number of nitrogens with one attached hydrogen (secondary N) is 1. The summed E-state index contributed by atoms with van der Waals surface area (Å²) in [6, 6.07) is 20.7. The number of aromatic nitrogens is 2. The van der Waals surface area contributed by atoms with Crippen LogP contribution in [-0.4, -0.2) is 36.3 Å². The van der Waals surface area contributed by atoms with Crippen LogP contribution in [0.4, 0.5) is 0 Å². The maximum absolute atomic E-state index is 12.9. The molecule has 192 valence electrons. The number of hydrogen-bond acceptors (Lipinski definition) is 5. The third-order valence-corrected chi connectivity index (χ3v) is 6.16. The Kier molecular flexibility index (Phi) is 8.46. The minimum absolute atomic E-state index is 0.163. The van der Waals surface area contributed by atoms with E-state index in [0.29, 0.717) is 36.0 Å². The van der Waals surface area contributed by atoms with Crippen molar-refractivity contribution in [2.45, 2.75) is 32.4 Å². The van der Waals surface area contributed by atoms with Crippen LogP contribution in [0.5, 0.6) is 17.2 Å². The van der Waals surface area contributed by atoms with Gasteiger partial charge in [-0.05, 0) is 73.9 Å². The number of nitrogens with zero attached hydrogens (tertiary/aromatic N) is 2. The van der Waals surface area contributed by atoms with Gasteiger partial charge in [0.25, 0.3) is 5.91 Å². The molecule has 1 aromatic heterocycles. The Morgan fingerprint density at radius 2 is 1.84 bits per heavy atom. The quantitative estimate of drug-likeness (QED) is 0.199. The van der Waals surface area contributed by atoms with E-state index in [1.54, 1.807) is 38.5 Å². The monoisotopic (exact) mass is 499 g/mol. The molecular formula is C30H33N3O4. The molecule has 7 nitrogen and oxygen atoms in total. The fraction of sp³-hybridized carbons (Fsp3) is 0.267. The third kappa shape index (κ3) is 6.12. The van der Waals surface area contributed by atoms with E-state index in [1.807, 2.05) is 55.5 Å². The van der Waals surface area contributed by atoms with E-state index in [0.717, 1.165) is 35.3 Å². The first-order chi connectivity index (χ1) is 18.0. The SMILES string of the molecule is C=CCc1ccc(OCCCn2c(C(C)NC(=O)c3ccc(OC)cc3)nc3ccccc32)c(OC)c1. The van der Waals surface area contributed by atoms with Gasteiger partial charge >= 0.3 is 0 Å². The lowest BCUT2D eigenvalue weighted by molar-refractivity contribution is 0.0937. The Bertz CT molecular complexity index is 1360. The van der Waals surface area contributed by atoms with Crippen molar-refractivity contribution in [3.63, 3.8) is 0 Å². The van der Waals surface area contributed by atoms with Crippen molar-refractivity contribution >= 4 is 16.9 Å². The molecule has 0 fully saturated rings.